The van der Waals surface area contributed by atoms with Gasteiger partial charge in [-0.15, -0.1) is 0 Å². The molecule has 0 aliphatic carbocycles. The summed E-state index contributed by atoms with van der Waals surface area (Å²) in [7, 11) is 0. The number of nitrogens with one attached hydrogen (secondary N) is 1. The number of carbonyl (C=O) groups excluding carboxylic acids is 5. The quantitative estimate of drug-likeness (QED) is 0.0701. The van der Waals surface area contributed by atoms with Crippen molar-refractivity contribution in [3.63, 3.8) is 0 Å². The Hall–Kier alpha value is -3.15. The Morgan fingerprint density at radius 1 is 0.787 bits per heavy atom. The van der Waals surface area contributed by atoms with E-state index in [0.717, 1.165) is 30.8 Å². The number of rotatable bonds is 24. The second-order valence-electron chi connectivity index (χ2n) is 9.98. The van der Waals surface area contributed by atoms with E-state index in [4.69, 9.17) is 19.9 Å². The molecule has 11 nitrogen and oxygen atoms in total. The van der Waals surface area contributed by atoms with Crippen LogP contribution in [0.4, 0.5) is 5.69 Å². The van der Waals surface area contributed by atoms with Crippen LogP contribution in [0.2, 0.25) is 0 Å². The van der Waals surface area contributed by atoms with Crippen molar-refractivity contribution < 1.29 is 38.2 Å². The molecule has 1 heterocycles. The van der Waals surface area contributed by atoms with Gasteiger partial charge in [-0.05, 0) is 37.8 Å². The molecule has 0 saturated heterocycles. The molecule has 0 radical (unpaired) electrons. The zero-order chi connectivity index (χ0) is 35.9. The molecular weight excluding hydrogens is 602 g/mol. The molecule has 0 aromatic heterocycles. The number of hydrogen-bond donors (Lipinski definition) is 2. The number of anilines is 1. The number of unbranched alkanes of at least 4 members (excludes halogenated alkanes) is 6. The van der Waals surface area contributed by atoms with Crippen LogP contribution in [0.5, 0.6) is 0 Å². The molecule has 4 amide bonds. The minimum Gasteiger partial charge on any atom is -0.379 e. The van der Waals surface area contributed by atoms with E-state index in [0.29, 0.717) is 45.7 Å². The smallest absolute Gasteiger partial charge is 0.264 e. The van der Waals surface area contributed by atoms with E-state index >= 15 is 0 Å². The van der Waals surface area contributed by atoms with Gasteiger partial charge in [-0.3, -0.25) is 24.1 Å². The van der Waals surface area contributed by atoms with Crippen LogP contribution in [0.25, 0.3) is 0 Å². The highest BCUT2D eigenvalue weighted by atomic mass is 16.5. The van der Waals surface area contributed by atoms with E-state index < -0.39 is 23.8 Å². The average Bonchev–Trinajstić information content (AvgIpc) is 3.35. The van der Waals surface area contributed by atoms with Gasteiger partial charge in [-0.2, -0.15) is 0 Å². The first kappa shape index (κ1) is 46.0. The number of ether oxygens (including phenoxy) is 3. The van der Waals surface area contributed by atoms with Gasteiger partial charge in [-0.1, -0.05) is 86.6 Å². The Bertz CT molecular complexity index is 1000. The lowest BCUT2D eigenvalue weighted by atomic mass is 10.1. The summed E-state index contributed by atoms with van der Waals surface area (Å²) < 4.78 is 16.6. The van der Waals surface area contributed by atoms with Crippen LogP contribution < -0.4 is 11.1 Å². The predicted octanol–water partition coefficient (Wildman–Crippen LogP) is 6.71. The van der Waals surface area contributed by atoms with Crippen molar-refractivity contribution in [3.8, 4) is 0 Å². The van der Waals surface area contributed by atoms with E-state index in [9.17, 15) is 24.0 Å². The van der Waals surface area contributed by atoms with E-state index in [1.807, 2.05) is 41.5 Å². The summed E-state index contributed by atoms with van der Waals surface area (Å²) in [5, 5.41) is 2.71. The van der Waals surface area contributed by atoms with Crippen molar-refractivity contribution in [2.45, 2.75) is 125 Å². The normalized spacial score (nSPS) is 12.0. The second-order valence-corrected chi connectivity index (χ2v) is 9.98. The Balaban J connectivity index is 0. The second kappa shape index (κ2) is 31.4. The minimum absolute atomic E-state index is 0.0211. The maximum atomic E-state index is 13.1. The number of amides is 4. The monoisotopic (exact) mass is 665 g/mol. The first-order chi connectivity index (χ1) is 22.9. The summed E-state index contributed by atoms with van der Waals surface area (Å²) >= 11 is 0. The zero-order valence-electron chi connectivity index (χ0n) is 30.2. The number of imide groups is 1. The highest BCUT2D eigenvalue weighted by Gasteiger charge is 2.43. The van der Waals surface area contributed by atoms with Crippen molar-refractivity contribution >= 4 is 35.6 Å². The number of fused-ring (bicyclic) bond motifs is 1. The topological polar surface area (TPSA) is 154 Å². The lowest BCUT2D eigenvalue weighted by Crippen LogP contribution is -2.47. The van der Waals surface area contributed by atoms with Gasteiger partial charge in [0.15, 0.2) is 0 Å². The van der Waals surface area contributed by atoms with Gasteiger partial charge >= 0.3 is 0 Å². The van der Waals surface area contributed by atoms with Crippen LogP contribution in [-0.4, -0.2) is 80.5 Å². The summed E-state index contributed by atoms with van der Waals surface area (Å²) in [6.45, 7) is 17.7. The first-order valence-electron chi connectivity index (χ1n) is 17.7. The van der Waals surface area contributed by atoms with Crippen LogP contribution in [0, 0.1) is 0 Å². The van der Waals surface area contributed by atoms with Crippen molar-refractivity contribution in [2.75, 3.05) is 45.0 Å². The number of nitrogens with two attached hydrogens (primary N) is 1. The largest absolute Gasteiger partial charge is 0.379 e. The number of hydrogen-bond acceptors (Lipinski definition) is 8. The molecule has 11 heteroatoms. The molecule has 0 saturated carbocycles. The number of benzene rings is 1. The van der Waals surface area contributed by atoms with Crippen molar-refractivity contribution in [2.24, 2.45) is 5.73 Å². The van der Waals surface area contributed by atoms with Crippen molar-refractivity contribution in [1.82, 2.24) is 4.90 Å². The molecule has 0 spiro atoms. The van der Waals surface area contributed by atoms with E-state index in [1.54, 1.807) is 6.07 Å². The molecule has 0 bridgehead atoms. The van der Waals surface area contributed by atoms with E-state index in [2.05, 4.69) is 12.2 Å². The van der Waals surface area contributed by atoms with Crippen molar-refractivity contribution in [3.05, 3.63) is 29.3 Å². The molecule has 0 fully saturated rings. The molecule has 1 aliphatic rings. The Morgan fingerprint density at radius 3 is 1.85 bits per heavy atom. The summed E-state index contributed by atoms with van der Waals surface area (Å²) in [5.74, 6) is -2.57. The Kier molecular flexibility index (Phi) is 30.8. The SMILES string of the molecule is CC.CC.CC.CCCCCCCOCCOCCOCCCCCC(=O)Nc1cccc2c1C(=O)N(C(CCC=O)C(N)=O)C2=O. The van der Waals surface area contributed by atoms with Gasteiger partial charge in [-0.25, -0.2) is 0 Å². The van der Waals surface area contributed by atoms with Gasteiger partial charge in [0, 0.05) is 26.1 Å². The maximum Gasteiger partial charge on any atom is 0.264 e. The zero-order valence-corrected chi connectivity index (χ0v) is 30.2. The standard InChI is InChI=1S/C30H45N3O8.3C2H6/c1-2-3-4-5-8-17-39-19-21-41-22-20-40-18-9-6-7-15-26(35)32-24-13-10-12-23-27(24)30(38)33(29(23)37)25(28(31)36)14-11-16-34;3*1-2/h10,12-13,16,25H,2-9,11,14-15,17-22H2,1H3,(H2,31,36)(H,32,35);3*1-2H3. The lowest BCUT2D eigenvalue weighted by Gasteiger charge is -2.22. The minimum atomic E-state index is -1.24. The third-order valence-electron chi connectivity index (χ3n) is 6.75. The van der Waals surface area contributed by atoms with Crippen LogP contribution >= 0.6 is 0 Å². The van der Waals surface area contributed by atoms with Crippen LogP contribution in [-0.2, 0) is 28.6 Å². The Morgan fingerprint density at radius 2 is 1.32 bits per heavy atom. The third-order valence-corrected chi connectivity index (χ3v) is 6.75. The fraction of sp³-hybridized carbons (Fsp3) is 0.694. The number of carbonyl (C=O) groups is 5. The molecule has 47 heavy (non-hydrogen) atoms. The Labute approximate surface area is 283 Å². The molecule has 3 N–H and O–H groups in total. The van der Waals surface area contributed by atoms with Gasteiger partial charge < -0.3 is 30.1 Å². The van der Waals surface area contributed by atoms with Gasteiger partial charge in [0.2, 0.25) is 11.8 Å². The first-order valence-corrected chi connectivity index (χ1v) is 17.7. The molecule has 1 unspecified atom stereocenters. The third kappa shape index (κ3) is 18.7. The highest BCUT2D eigenvalue weighted by Crippen LogP contribution is 2.31. The highest BCUT2D eigenvalue weighted by molar-refractivity contribution is 6.25. The maximum absolute atomic E-state index is 13.1. The molecule has 2 rings (SSSR count). The molecule has 1 atom stereocenters. The van der Waals surface area contributed by atoms with Crippen LogP contribution in [0.3, 0.4) is 0 Å². The van der Waals surface area contributed by atoms with Crippen LogP contribution in [0.1, 0.15) is 140 Å². The fourth-order valence-corrected chi connectivity index (χ4v) is 4.54. The van der Waals surface area contributed by atoms with Gasteiger partial charge in [0.1, 0.15) is 12.3 Å². The molecule has 270 valence electrons. The molecular formula is C36H63N3O8. The van der Waals surface area contributed by atoms with E-state index in [-0.39, 0.29) is 42.0 Å². The number of nitrogens with zero attached hydrogens (tertiary/aromatic N) is 1. The van der Waals surface area contributed by atoms with Crippen molar-refractivity contribution in [1.29, 1.82) is 0 Å². The average molecular weight is 666 g/mol. The summed E-state index contributed by atoms with van der Waals surface area (Å²) in [4.78, 5) is 61.9. The van der Waals surface area contributed by atoms with Crippen LogP contribution in [0.15, 0.2) is 18.2 Å². The lowest BCUT2D eigenvalue weighted by molar-refractivity contribution is -0.122. The molecule has 1 aromatic rings. The van der Waals surface area contributed by atoms with Gasteiger partial charge in [0.05, 0.1) is 43.2 Å². The summed E-state index contributed by atoms with van der Waals surface area (Å²) in [6, 6.07) is 3.30. The van der Waals surface area contributed by atoms with Gasteiger partial charge in [0.25, 0.3) is 11.8 Å². The predicted molar refractivity (Wildman–Crippen MR) is 188 cm³/mol. The van der Waals surface area contributed by atoms with E-state index in [1.165, 1.54) is 37.8 Å². The molecule has 1 aliphatic heterocycles. The summed E-state index contributed by atoms with van der Waals surface area (Å²) in [6.07, 6.45) is 9.07. The number of primary amides is 1. The molecule has 1 aromatic carbocycles. The fourth-order valence-electron chi connectivity index (χ4n) is 4.54. The number of aldehydes is 1. The summed E-state index contributed by atoms with van der Waals surface area (Å²) in [5.41, 5.74) is 5.70.